The van der Waals surface area contributed by atoms with Gasteiger partial charge in [0, 0.05) is 12.4 Å². The van der Waals surface area contributed by atoms with Crippen molar-refractivity contribution in [2.75, 3.05) is 0 Å². The Morgan fingerprint density at radius 3 is 1.71 bits per heavy atom. The molecule has 0 aromatic rings. The molecule has 2 unspecified atom stereocenters. The first-order valence-electron chi connectivity index (χ1n) is 4.03. The van der Waals surface area contributed by atoms with E-state index in [4.69, 9.17) is 0 Å². The van der Waals surface area contributed by atoms with E-state index in [2.05, 4.69) is 9.98 Å². The van der Waals surface area contributed by atoms with Crippen molar-refractivity contribution in [3.63, 3.8) is 0 Å². The molecular formula is C9H8N2O3. The molecule has 0 saturated carbocycles. The smallest absolute Gasteiger partial charge is 0.249 e. The van der Waals surface area contributed by atoms with Crippen LogP contribution in [0.2, 0.25) is 0 Å². The van der Waals surface area contributed by atoms with Crippen LogP contribution in [-0.4, -0.2) is 39.9 Å². The van der Waals surface area contributed by atoms with Gasteiger partial charge in [-0.05, 0) is 24.3 Å². The number of carbonyl (C=O) groups is 1. The third-order valence-corrected chi connectivity index (χ3v) is 2.04. The minimum Gasteiger partial charge on any atom is -0.360 e. The molecule has 0 radical (unpaired) electrons. The van der Waals surface area contributed by atoms with Gasteiger partial charge in [-0.2, -0.15) is 0 Å². The second-order valence-electron chi connectivity index (χ2n) is 3.06. The van der Waals surface area contributed by atoms with Crippen molar-refractivity contribution in [3.8, 4) is 0 Å². The molecule has 0 spiro atoms. The van der Waals surface area contributed by atoms with Gasteiger partial charge < -0.3 is 10.2 Å². The maximum atomic E-state index is 11.7. The highest BCUT2D eigenvalue weighted by Crippen LogP contribution is 2.25. The van der Waals surface area contributed by atoms with Gasteiger partial charge in [-0.25, -0.2) is 9.98 Å². The van der Waals surface area contributed by atoms with Crippen LogP contribution in [-0.2, 0) is 4.79 Å². The average molecular weight is 192 g/mol. The van der Waals surface area contributed by atoms with Gasteiger partial charge in [0.15, 0.2) is 0 Å². The van der Waals surface area contributed by atoms with Crippen LogP contribution in [0.3, 0.4) is 0 Å². The van der Waals surface area contributed by atoms with Crippen LogP contribution in [0.5, 0.6) is 0 Å². The van der Waals surface area contributed by atoms with Crippen molar-refractivity contribution in [2.24, 2.45) is 9.98 Å². The highest BCUT2D eigenvalue weighted by atomic mass is 16.3. The van der Waals surface area contributed by atoms with E-state index in [0.29, 0.717) is 0 Å². The summed E-state index contributed by atoms with van der Waals surface area (Å²) in [7, 11) is 0. The minimum absolute atomic E-state index is 0.875. The quantitative estimate of drug-likeness (QED) is 0.601. The van der Waals surface area contributed by atoms with Crippen molar-refractivity contribution in [1.82, 2.24) is 0 Å². The molecule has 0 amide bonds. The van der Waals surface area contributed by atoms with Gasteiger partial charge in [0.25, 0.3) is 0 Å². The molecule has 14 heavy (non-hydrogen) atoms. The first-order valence-corrected chi connectivity index (χ1v) is 4.03. The van der Waals surface area contributed by atoms with Gasteiger partial charge >= 0.3 is 0 Å². The minimum atomic E-state index is -1.99. The summed E-state index contributed by atoms with van der Waals surface area (Å²) in [5.41, 5.74) is -3.97. The van der Waals surface area contributed by atoms with E-state index in [1.165, 1.54) is 36.7 Å². The van der Waals surface area contributed by atoms with Crippen molar-refractivity contribution in [2.45, 2.75) is 11.4 Å². The number of carbonyl (C=O) groups excluding carboxylic acids is 1. The zero-order valence-corrected chi connectivity index (χ0v) is 7.16. The van der Waals surface area contributed by atoms with Gasteiger partial charge in [-0.15, -0.1) is 0 Å². The number of hydrogen-bond acceptors (Lipinski definition) is 5. The topological polar surface area (TPSA) is 82.2 Å². The fourth-order valence-corrected chi connectivity index (χ4v) is 1.29. The summed E-state index contributed by atoms with van der Waals surface area (Å²) >= 11 is 0. The van der Waals surface area contributed by atoms with Crippen LogP contribution in [0.4, 0.5) is 0 Å². The Hall–Kier alpha value is -1.59. The Balaban J connectivity index is 2.33. The zero-order chi connectivity index (χ0) is 10.2. The largest absolute Gasteiger partial charge is 0.360 e. The maximum absolute atomic E-state index is 11.7. The number of aliphatic hydroxyl groups is 2. The van der Waals surface area contributed by atoms with Crippen LogP contribution < -0.4 is 0 Å². The Labute approximate surface area is 79.8 Å². The second-order valence-corrected chi connectivity index (χ2v) is 3.06. The van der Waals surface area contributed by atoms with Crippen molar-refractivity contribution < 1.29 is 15.0 Å². The lowest BCUT2D eigenvalue weighted by atomic mass is 10.00. The lowest BCUT2D eigenvalue weighted by Gasteiger charge is -2.23. The summed E-state index contributed by atoms with van der Waals surface area (Å²) in [5, 5.41) is 19.4. The standard InChI is InChI=1S/C9H8N2O3/c12-7(8(13)3-1-5-10-8)9(14)4-2-6-11-9/h1-6,13-14H. The molecule has 0 bridgehead atoms. The highest BCUT2D eigenvalue weighted by molar-refractivity contribution is 6.03. The van der Waals surface area contributed by atoms with Gasteiger partial charge in [0.2, 0.25) is 17.2 Å². The lowest BCUT2D eigenvalue weighted by molar-refractivity contribution is -0.146. The van der Waals surface area contributed by atoms with E-state index >= 15 is 0 Å². The molecule has 2 atom stereocenters. The molecule has 5 heteroatoms. The SMILES string of the molecule is O=C(C1(O)C=CC=N1)C1(O)C=CC=N1. The molecule has 0 aromatic heterocycles. The monoisotopic (exact) mass is 192 g/mol. The van der Waals surface area contributed by atoms with Crippen LogP contribution >= 0.6 is 0 Å². The highest BCUT2D eigenvalue weighted by Gasteiger charge is 2.47. The maximum Gasteiger partial charge on any atom is 0.249 e. The number of aliphatic imine (C=N–C) groups is 2. The predicted octanol–water partition coefficient (Wildman–Crippen LogP) is -0.786. The fourth-order valence-electron chi connectivity index (χ4n) is 1.29. The Morgan fingerprint density at radius 2 is 1.43 bits per heavy atom. The normalized spacial score (nSPS) is 38.4. The van der Waals surface area contributed by atoms with Crippen molar-refractivity contribution >= 4 is 18.2 Å². The Kier molecular flexibility index (Phi) is 1.73. The first-order chi connectivity index (χ1) is 6.57. The van der Waals surface area contributed by atoms with Gasteiger partial charge in [0.05, 0.1) is 0 Å². The van der Waals surface area contributed by atoms with E-state index in [1.807, 2.05) is 0 Å². The van der Waals surface area contributed by atoms with Crippen LogP contribution in [0.25, 0.3) is 0 Å². The Bertz CT molecular complexity index is 333. The van der Waals surface area contributed by atoms with Gasteiger partial charge in [0.1, 0.15) is 0 Å². The van der Waals surface area contributed by atoms with E-state index in [-0.39, 0.29) is 0 Å². The lowest BCUT2D eigenvalue weighted by Crippen LogP contribution is -2.47. The van der Waals surface area contributed by atoms with Gasteiger partial charge in [-0.3, -0.25) is 4.79 Å². The number of hydrogen-bond donors (Lipinski definition) is 2. The van der Waals surface area contributed by atoms with Crippen molar-refractivity contribution in [1.29, 1.82) is 0 Å². The summed E-state index contributed by atoms with van der Waals surface area (Å²) in [6, 6.07) is 0. The molecule has 2 aliphatic heterocycles. The molecule has 2 rings (SSSR count). The van der Waals surface area contributed by atoms with E-state index in [1.54, 1.807) is 0 Å². The molecule has 0 aliphatic carbocycles. The van der Waals surface area contributed by atoms with E-state index < -0.39 is 17.2 Å². The van der Waals surface area contributed by atoms with Crippen LogP contribution in [0, 0.1) is 0 Å². The number of Topliss-reactive ketones (excluding diaryl/α,β-unsaturated/α-hetero) is 1. The van der Waals surface area contributed by atoms with Crippen molar-refractivity contribution in [3.05, 3.63) is 24.3 Å². The molecule has 5 nitrogen and oxygen atoms in total. The number of ketones is 1. The second kappa shape index (κ2) is 2.70. The molecule has 2 heterocycles. The van der Waals surface area contributed by atoms with E-state index in [0.717, 1.165) is 0 Å². The molecule has 72 valence electrons. The zero-order valence-electron chi connectivity index (χ0n) is 7.16. The molecular weight excluding hydrogens is 184 g/mol. The summed E-state index contributed by atoms with van der Waals surface area (Å²) in [4.78, 5) is 18.8. The Morgan fingerprint density at radius 1 is 1.00 bits per heavy atom. The third-order valence-electron chi connectivity index (χ3n) is 2.04. The molecule has 2 N–H and O–H groups in total. The van der Waals surface area contributed by atoms with Gasteiger partial charge in [-0.1, -0.05) is 0 Å². The molecule has 0 aromatic carbocycles. The fraction of sp³-hybridized carbons (Fsp3) is 0.222. The summed E-state index contributed by atoms with van der Waals surface area (Å²) in [6.07, 6.45) is 7.87. The molecule has 0 saturated heterocycles. The van der Waals surface area contributed by atoms with Crippen LogP contribution in [0.1, 0.15) is 0 Å². The molecule has 0 fully saturated rings. The van der Waals surface area contributed by atoms with E-state index in [9.17, 15) is 15.0 Å². The third kappa shape index (κ3) is 1.14. The molecule has 2 aliphatic rings. The summed E-state index contributed by atoms with van der Waals surface area (Å²) < 4.78 is 0. The predicted molar refractivity (Wildman–Crippen MR) is 50.2 cm³/mol. The summed E-state index contributed by atoms with van der Waals surface area (Å²) in [5.74, 6) is -0.875. The summed E-state index contributed by atoms with van der Waals surface area (Å²) in [6.45, 7) is 0. The van der Waals surface area contributed by atoms with Crippen LogP contribution in [0.15, 0.2) is 34.3 Å². The number of nitrogens with zero attached hydrogens (tertiary/aromatic N) is 2. The first kappa shape index (κ1) is 8.98. The number of rotatable bonds is 2. The number of allylic oxidation sites excluding steroid dienone is 2. The average Bonchev–Trinajstić information content (AvgIpc) is 2.75.